The van der Waals surface area contributed by atoms with E-state index in [1.165, 1.54) is 25.7 Å². The Morgan fingerprint density at radius 1 is 1.42 bits per heavy atom. The smallest absolute Gasteiger partial charge is 0.0594 e. The van der Waals surface area contributed by atoms with Gasteiger partial charge in [-0.2, -0.15) is 0 Å². The summed E-state index contributed by atoms with van der Waals surface area (Å²) in [5.74, 6) is 0.873. The minimum absolute atomic E-state index is 0.544. The van der Waals surface area contributed by atoms with Crippen LogP contribution < -0.4 is 5.32 Å². The van der Waals surface area contributed by atoms with Crippen molar-refractivity contribution in [2.75, 3.05) is 20.2 Å². The van der Waals surface area contributed by atoms with Gasteiger partial charge in [-0.25, -0.2) is 0 Å². The van der Waals surface area contributed by atoms with Gasteiger partial charge in [0.05, 0.1) is 12.7 Å². The summed E-state index contributed by atoms with van der Waals surface area (Å²) < 4.78 is 5.73. The van der Waals surface area contributed by atoms with Gasteiger partial charge in [-0.1, -0.05) is 19.8 Å². The molecule has 1 saturated carbocycles. The lowest BCUT2D eigenvalue weighted by molar-refractivity contribution is 0.0180. The van der Waals surface area contributed by atoms with Crippen LogP contribution in [0.2, 0.25) is 0 Å². The normalized spacial score (nSPS) is 30.5. The molecule has 1 fully saturated rings. The van der Waals surface area contributed by atoms with Crippen molar-refractivity contribution in [1.82, 2.24) is 5.32 Å². The Labute approximate surface area is 75.7 Å². The van der Waals surface area contributed by atoms with Gasteiger partial charge in [-0.05, 0) is 25.8 Å². The third-order valence-corrected chi connectivity index (χ3v) is 2.59. The molecule has 12 heavy (non-hydrogen) atoms. The zero-order valence-corrected chi connectivity index (χ0v) is 8.31. The van der Waals surface area contributed by atoms with Crippen LogP contribution in [0, 0.1) is 5.92 Å². The molecular formula is C10H21NO. The first kappa shape index (κ1) is 10.0. The molecule has 1 aliphatic carbocycles. The average molecular weight is 171 g/mol. The second kappa shape index (κ2) is 5.55. The monoisotopic (exact) mass is 171 g/mol. The van der Waals surface area contributed by atoms with Gasteiger partial charge in [0.1, 0.15) is 0 Å². The summed E-state index contributed by atoms with van der Waals surface area (Å²) in [6.07, 6.45) is 5.83. The van der Waals surface area contributed by atoms with Gasteiger partial charge < -0.3 is 10.1 Å². The lowest BCUT2D eigenvalue weighted by Gasteiger charge is -2.26. The quantitative estimate of drug-likeness (QED) is 0.651. The summed E-state index contributed by atoms with van der Waals surface area (Å²) >= 11 is 0. The lowest BCUT2D eigenvalue weighted by atomic mass is 9.89. The summed E-state index contributed by atoms with van der Waals surface area (Å²) in [6.45, 7) is 4.17. The molecule has 2 heteroatoms. The Morgan fingerprint density at radius 2 is 2.25 bits per heavy atom. The summed E-state index contributed by atoms with van der Waals surface area (Å²) in [5, 5.41) is 3.09. The largest absolute Gasteiger partial charge is 0.377 e. The van der Waals surface area contributed by atoms with E-state index in [1.807, 2.05) is 7.05 Å². The predicted octanol–water partition coefficient (Wildman–Crippen LogP) is 1.80. The van der Waals surface area contributed by atoms with Crippen LogP contribution in [-0.2, 0) is 4.74 Å². The van der Waals surface area contributed by atoms with Crippen LogP contribution >= 0.6 is 0 Å². The van der Waals surface area contributed by atoms with Gasteiger partial charge in [0, 0.05) is 6.54 Å². The Hall–Kier alpha value is -0.0800. The minimum atomic E-state index is 0.544. The molecule has 0 amide bonds. The van der Waals surface area contributed by atoms with Crippen molar-refractivity contribution in [1.29, 1.82) is 0 Å². The zero-order valence-electron chi connectivity index (χ0n) is 8.31. The Morgan fingerprint density at radius 3 is 2.92 bits per heavy atom. The van der Waals surface area contributed by atoms with Crippen molar-refractivity contribution >= 4 is 0 Å². The van der Waals surface area contributed by atoms with Crippen molar-refractivity contribution < 1.29 is 4.74 Å². The summed E-state index contributed by atoms with van der Waals surface area (Å²) in [6, 6.07) is 0. The van der Waals surface area contributed by atoms with Crippen molar-refractivity contribution in [2.45, 2.75) is 38.7 Å². The topological polar surface area (TPSA) is 21.3 Å². The van der Waals surface area contributed by atoms with Crippen LogP contribution in [0.25, 0.3) is 0 Å². The molecule has 2 unspecified atom stereocenters. The van der Waals surface area contributed by atoms with Crippen molar-refractivity contribution in [3.63, 3.8) is 0 Å². The number of rotatable bonds is 4. The standard InChI is InChI=1S/C10H21NO/c1-9-4-3-5-10(8-9)12-7-6-11-2/h9-11H,3-8H2,1-2H3. The number of ether oxygens (including phenoxy) is 1. The van der Waals surface area contributed by atoms with Gasteiger partial charge in [0.15, 0.2) is 0 Å². The zero-order chi connectivity index (χ0) is 8.81. The van der Waals surface area contributed by atoms with Gasteiger partial charge in [-0.3, -0.25) is 0 Å². The molecule has 0 bridgehead atoms. The van der Waals surface area contributed by atoms with Crippen LogP contribution in [-0.4, -0.2) is 26.3 Å². The highest BCUT2D eigenvalue weighted by Gasteiger charge is 2.18. The maximum absolute atomic E-state index is 5.73. The molecule has 1 N–H and O–H groups in total. The number of nitrogens with one attached hydrogen (secondary N) is 1. The van der Waals surface area contributed by atoms with Crippen LogP contribution in [0.5, 0.6) is 0 Å². The molecule has 1 aliphatic rings. The highest BCUT2D eigenvalue weighted by Crippen LogP contribution is 2.25. The second-order valence-corrected chi connectivity index (χ2v) is 3.87. The van der Waals surface area contributed by atoms with E-state index in [1.54, 1.807) is 0 Å². The maximum Gasteiger partial charge on any atom is 0.0594 e. The van der Waals surface area contributed by atoms with Gasteiger partial charge in [0.2, 0.25) is 0 Å². The molecule has 0 aliphatic heterocycles. The lowest BCUT2D eigenvalue weighted by Crippen LogP contribution is -2.25. The Bertz CT molecular complexity index is 116. The number of hydrogen-bond donors (Lipinski definition) is 1. The van der Waals surface area contributed by atoms with E-state index < -0.39 is 0 Å². The van der Waals surface area contributed by atoms with Crippen molar-refractivity contribution in [3.05, 3.63) is 0 Å². The molecule has 2 atom stereocenters. The fraction of sp³-hybridized carbons (Fsp3) is 1.00. The average Bonchev–Trinajstić information content (AvgIpc) is 2.05. The molecule has 2 nitrogen and oxygen atoms in total. The summed E-state index contributed by atoms with van der Waals surface area (Å²) in [7, 11) is 1.97. The molecule has 0 aromatic rings. The minimum Gasteiger partial charge on any atom is -0.377 e. The second-order valence-electron chi connectivity index (χ2n) is 3.87. The van der Waals surface area contributed by atoms with Crippen LogP contribution in [0.15, 0.2) is 0 Å². The highest BCUT2D eigenvalue weighted by atomic mass is 16.5. The Kier molecular flexibility index (Phi) is 4.62. The van der Waals surface area contributed by atoms with E-state index in [0.29, 0.717) is 6.10 Å². The Balaban J connectivity index is 2.06. The van der Waals surface area contributed by atoms with Gasteiger partial charge in [0.25, 0.3) is 0 Å². The number of likely N-dealkylation sites (N-methyl/N-ethyl adjacent to an activating group) is 1. The highest BCUT2D eigenvalue weighted by molar-refractivity contribution is 4.70. The SMILES string of the molecule is CNCCOC1CCCC(C)C1. The fourth-order valence-corrected chi connectivity index (χ4v) is 1.86. The first-order valence-electron chi connectivity index (χ1n) is 5.09. The molecular weight excluding hydrogens is 150 g/mol. The molecule has 0 radical (unpaired) electrons. The molecule has 0 aromatic heterocycles. The van der Waals surface area contributed by atoms with Crippen molar-refractivity contribution in [2.24, 2.45) is 5.92 Å². The first-order valence-corrected chi connectivity index (χ1v) is 5.09. The van der Waals surface area contributed by atoms with Gasteiger partial charge >= 0.3 is 0 Å². The van der Waals surface area contributed by atoms with Crippen LogP contribution in [0.1, 0.15) is 32.6 Å². The molecule has 72 valence electrons. The summed E-state index contributed by atoms with van der Waals surface area (Å²) in [5.41, 5.74) is 0. The molecule has 1 rings (SSSR count). The van der Waals surface area contributed by atoms with Crippen LogP contribution in [0.4, 0.5) is 0 Å². The van der Waals surface area contributed by atoms with Crippen molar-refractivity contribution in [3.8, 4) is 0 Å². The molecule has 0 aromatic carbocycles. The molecule has 0 heterocycles. The summed E-state index contributed by atoms with van der Waals surface area (Å²) in [4.78, 5) is 0. The first-order chi connectivity index (χ1) is 5.83. The van der Waals surface area contributed by atoms with E-state index in [4.69, 9.17) is 4.74 Å². The van der Waals surface area contributed by atoms with Crippen LogP contribution in [0.3, 0.4) is 0 Å². The van der Waals surface area contributed by atoms with E-state index >= 15 is 0 Å². The van der Waals surface area contributed by atoms with E-state index in [9.17, 15) is 0 Å². The van der Waals surface area contributed by atoms with E-state index in [-0.39, 0.29) is 0 Å². The van der Waals surface area contributed by atoms with Gasteiger partial charge in [-0.15, -0.1) is 0 Å². The third kappa shape index (κ3) is 3.55. The molecule has 0 spiro atoms. The maximum atomic E-state index is 5.73. The third-order valence-electron chi connectivity index (χ3n) is 2.59. The fourth-order valence-electron chi connectivity index (χ4n) is 1.86. The number of hydrogen-bond acceptors (Lipinski definition) is 2. The molecule has 0 saturated heterocycles. The predicted molar refractivity (Wildman–Crippen MR) is 51.3 cm³/mol. The van der Waals surface area contributed by atoms with E-state index in [0.717, 1.165) is 19.1 Å². The van der Waals surface area contributed by atoms with E-state index in [2.05, 4.69) is 12.2 Å².